The molecule has 1 atom stereocenters. The van der Waals surface area contributed by atoms with Crippen molar-refractivity contribution < 1.29 is 14.4 Å². The van der Waals surface area contributed by atoms with Crippen LogP contribution >= 0.6 is 11.3 Å². The maximum Gasteiger partial charge on any atom is 0.324 e. The van der Waals surface area contributed by atoms with Gasteiger partial charge in [-0.1, -0.05) is 30.3 Å². The smallest absolute Gasteiger partial charge is 0.324 e. The number of carbonyl (C=O) groups is 3. The minimum Gasteiger partial charge on any atom is -0.325 e. The van der Waals surface area contributed by atoms with Crippen LogP contribution in [0.25, 0.3) is 0 Å². The molecule has 2 N–H and O–H groups in total. The van der Waals surface area contributed by atoms with Gasteiger partial charge in [0.25, 0.3) is 5.91 Å². The number of carbonyl (C=O) groups excluding carboxylic acids is 3. The lowest BCUT2D eigenvalue weighted by atomic mass is 10.1. The molecule has 7 nitrogen and oxygen atoms in total. The minimum atomic E-state index is -0.819. The monoisotopic (exact) mass is 384 g/mol. The van der Waals surface area contributed by atoms with E-state index in [9.17, 15) is 14.4 Å². The Bertz CT molecular complexity index is 859. The summed E-state index contributed by atoms with van der Waals surface area (Å²) in [5.41, 5.74) is 2.11. The molecule has 4 amide bonds. The van der Waals surface area contributed by atoms with Crippen LogP contribution in [-0.4, -0.2) is 40.3 Å². The molecule has 0 saturated carbocycles. The number of fused-ring (bicyclic) bond motifs is 1. The predicted octanol–water partition coefficient (Wildman–Crippen LogP) is 2.12. The number of anilines is 1. The Morgan fingerprint density at radius 1 is 1.26 bits per heavy atom. The van der Waals surface area contributed by atoms with Gasteiger partial charge in [0.2, 0.25) is 5.91 Å². The van der Waals surface area contributed by atoms with Crippen molar-refractivity contribution in [1.82, 2.24) is 15.2 Å². The van der Waals surface area contributed by atoms with Crippen LogP contribution in [0.3, 0.4) is 0 Å². The van der Waals surface area contributed by atoms with Crippen LogP contribution in [0.1, 0.15) is 29.0 Å². The number of nitrogens with zero attached hydrogens (tertiary/aromatic N) is 2. The number of aromatic nitrogens is 1. The van der Waals surface area contributed by atoms with Crippen molar-refractivity contribution in [2.45, 2.75) is 38.1 Å². The van der Waals surface area contributed by atoms with Gasteiger partial charge in [-0.05, 0) is 31.2 Å². The van der Waals surface area contributed by atoms with Crippen molar-refractivity contribution >= 4 is 34.3 Å². The summed E-state index contributed by atoms with van der Waals surface area (Å²) in [6, 6.07) is 8.40. The molecule has 2 heterocycles. The summed E-state index contributed by atoms with van der Waals surface area (Å²) in [6.07, 6.45) is 3.58. The van der Waals surface area contributed by atoms with Crippen molar-refractivity contribution in [3.05, 3.63) is 46.5 Å². The molecular weight excluding hydrogens is 364 g/mol. The van der Waals surface area contributed by atoms with Crippen LogP contribution in [0.2, 0.25) is 0 Å². The molecule has 0 unspecified atom stereocenters. The lowest BCUT2D eigenvalue weighted by Crippen LogP contribution is -2.34. The number of imide groups is 1. The van der Waals surface area contributed by atoms with Gasteiger partial charge in [0, 0.05) is 11.4 Å². The highest BCUT2D eigenvalue weighted by atomic mass is 32.1. The number of thiazole rings is 1. The second-order valence-electron chi connectivity index (χ2n) is 6.72. The van der Waals surface area contributed by atoms with E-state index >= 15 is 0 Å². The fourth-order valence-corrected chi connectivity index (χ4v) is 4.48. The molecule has 0 bridgehead atoms. The van der Waals surface area contributed by atoms with Crippen molar-refractivity contribution in [2.75, 3.05) is 11.9 Å². The highest BCUT2D eigenvalue weighted by Gasteiger charge is 2.38. The molecule has 1 fully saturated rings. The van der Waals surface area contributed by atoms with Gasteiger partial charge in [0.15, 0.2) is 5.13 Å². The first-order valence-electron chi connectivity index (χ1n) is 9.04. The molecule has 140 valence electrons. The lowest BCUT2D eigenvalue weighted by Gasteiger charge is -2.12. The summed E-state index contributed by atoms with van der Waals surface area (Å²) in [7, 11) is 0. The number of amides is 4. The molecule has 27 heavy (non-hydrogen) atoms. The lowest BCUT2D eigenvalue weighted by molar-refractivity contribution is -0.129. The third kappa shape index (κ3) is 3.85. The molecule has 0 radical (unpaired) electrons. The average molecular weight is 384 g/mol. The molecule has 8 heteroatoms. The van der Waals surface area contributed by atoms with Gasteiger partial charge in [0.05, 0.1) is 12.1 Å². The van der Waals surface area contributed by atoms with Gasteiger partial charge in [0.1, 0.15) is 6.04 Å². The first kappa shape index (κ1) is 17.7. The number of rotatable bonds is 6. The average Bonchev–Trinajstić information content (AvgIpc) is 3.29. The fraction of sp³-hybridized carbons (Fsp3) is 0.368. The van der Waals surface area contributed by atoms with Gasteiger partial charge in [-0.15, -0.1) is 11.3 Å². The Kier molecular flexibility index (Phi) is 4.89. The third-order valence-electron chi connectivity index (χ3n) is 4.81. The van der Waals surface area contributed by atoms with E-state index in [0.717, 1.165) is 30.5 Å². The topological polar surface area (TPSA) is 91.4 Å². The molecular formula is C19H20N4O3S. The Morgan fingerprint density at radius 3 is 2.85 bits per heavy atom. The zero-order valence-electron chi connectivity index (χ0n) is 14.7. The van der Waals surface area contributed by atoms with Crippen LogP contribution in [0.4, 0.5) is 9.93 Å². The summed E-state index contributed by atoms with van der Waals surface area (Å²) in [6.45, 7) is 0.298. The molecule has 4 rings (SSSR count). The van der Waals surface area contributed by atoms with Gasteiger partial charge in [-0.2, -0.15) is 0 Å². The van der Waals surface area contributed by atoms with Crippen LogP contribution in [0.5, 0.6) is 0 Å². The number of hydrogen-bond acceptors (Lipinski definition) is 5. The van der Waals surface area contributed by atoms with E-state index in [1.54, 1.807) is 0 Å². The van der Waals surface area contributed by atoms with Crippen molar-refractivity contribution in [1.29, 1.82) is 0 Å². The maximum absolute atomic E-state index is 12.5. The van der Waals surface area contributed by atoms with Gasteiger partial charge in [-0.25, -0.2) is 9.78 Å². The van der Waals surface area contributed by atoms with Crippen molar-refractivity contribution in [3.63, 3.8) is 0 Å². The SMILES string of the molecule is O=C(C[C@H]1NC(=O)N(CCc2ccccc2)C1=O)Nc1nc2c(s1)CCC2. The maximum atomic E-state index is 12.5. The van der Waals surface area contributed by atoms with Crippen molar-refractivity contribution in [3.8, 4) is 0 Å². The Balaban J connectivity index is 1.31. The molecule has 2 aliphatic rings. The van der Waals surface area contributed by atoms with E-state index in [1.807, 2.05) is 30.3 Å². The number of benzene rings is 1. The molecule has 1 aromatic carbocycles. The highest BCUT2D eigenvalue weighted by Crippen LogP contribution is 2.30. The van der Waals surface area contributed by atoms with Gasteiger partial charge < -0.3 is 10.6 Å². The van der Waals surface area contributed by atoms with E-state index < -0.39 is 12.1 Å². The molecule has 2 aromatic rings. The normalized spacial score (nSPS) is 18.5. The number of nitrogens with one attached hydrogen (secondary N) is 2. The summed E-state index contributed by atoms with van der Waals surface area (Å²) in [5.74, 6) is -0.668. The molecule has 1 aliphatic heterocycles. The van der Waals surface area contributed by atoms with Crippen LogP contribution in [-0.2, 0) is 28.9 Å². The minimum absolute atomic E-state index is 0.0866. The van der Waals surface area contributed by atoms with Gasteiger partial charge in [-0.3, -0.25) is 14.5 Å². The van der Waals surface area contributed by atoms with Crippen molar-refractivity contribution in [2.24, 2.45) is 0 Å². The molecule has 1 saturated heterocycles. The fourth-order valence-electron chi connectivity index (χ4n) is 3.41. The zero-order valence-corrected chi connectivity index (χ0v) is 15.6. The van der Waals surface area contributed by atoms with Gasteiger partial charge >= 0.3 is 6.03 Å². The van der Waals surface area contributed by atoms with Crippen LogP contribution in [0, 0.1) is 0 Å². The van der Waals surface area contributed by atoms with E-state index in [4.69, 9.17) is 0 Å². The first-order valence-corrected chi connectivity index (χ1v) is 9.86. The quantitative estimate of drug-likeness (QED) is 0.747. The van der Waals surface area contributed by atoms with Crippen LogP contribution < -0.4 is 10.6 Å². The Morgan fingerprint density at radius 2 is 2.07 bits per heavy atom. The second kappa shape index (κ2) is 7.48. The summed E-state index contributed by atoms with van der Waals surface area (Å²) < 4.78 is 0. The standard InChI is InChI=1S/C19H20N4O3S/c24-16(22-18-20-13-7-4-8-15(13)27-18)11-14-17(25)23(19(26)21-14)10-9-12-5-2-1-3-6-12/h1-3,5-6,14H,4,7-11H2,(H,21,26)(H,20,22,24)/t14-/m1/s1. The second-order valence-corrected chi connectivity index (χ2v) is 7.81. The van der Waals surface area contributed by atoms with E-state index in [0.29, 0.717) is 18.1 Å². The third-order valence-corrected chi connectivity index (χ3v) is 5.88. The summed E-state index contributed by atoms with van der Waals surface area (Å²) in [5, 5.41) is 5.93. The Labute approximate surface area is 160 Å². The summed E-state index contributed by atoms with van der Waals surface area (Å²) in [4.78, 5) is 43.7. The molecule has 1 aliphatic carbocycles. The van der Waals surface area contributed by atoms with E-state index in [1.165, 1.54) is 21.1 Å². The number of urea groups is 1. The Hall–Kier alpha value is -2.74. The number of hydrogen-bond donors (Lipinski definition) is 2. The van der Waals surface area contributed by atoms with Crippen LogP contribution in [0.15, 0.2) is 30.3 Å². The predicted molar refractivity (Wildman–Crippen MR) is 102 cm³/mol. The van der Waals surface area contributed by atoms with E-state index in [2.05, 4.69) is 15.6 Å². The van der Waals surface area contributed by atoms with E-state index in [-0.39, 0.29) is 18.2 Å². The first-order chi connectivity index (χ1) is 13.1. The zero-order chi connectivity index (χ0) is 18.8. The molecule has 0 spiro atoms. The largest absolute Gasteiger partial charge is 0.325 e. The highest BCUT2D eigenvalue weighted by molar-refractivity contribution is 7.15. The number of aryl methyl sites for hydroxylation is 2. The molecule has 1 aromatic heterocycles. The summed E-state index contributed by atoms with van der Waals surface area (Å²) >= 11 is 1.49.